The van der Waals surface area contributed by atoms with Gasteiger partial charge in [-0.2, -0.15) is 0 Å². The van der Waals surface area contributed by atoms with Crippen molar-refractivity contribution in [3.05, 3.63) is 108 Å². The molecule has 0 fully saturated rings. The first-order valence-corrected chi connectivity index (χ1v) is 12.0. The number of benzene rings is 3. The summed E-state index contributed by atoms with van der Waals surface area (Å²) in [5.41, 5.74) is 16.5. The van der Waals surface area contributed by atoms with E-state index in [4.69, 9.17) is 9.97 Å². The molecule has 4 heterocycles. The molecule has 4 heteroatoms. The zero-order chi connectivity index (χ0) is 22.7. The van der Waals surface area contributed by atoms with Gasteiger partial charge in [-0.1, -0.05) is 42.5 Å². The highest BCUT2D eigenvalue weighted by atomic mass is 15.0. The maximum absolute atomic E-state index is 5.13. The molecule has 4 aromatic heterocycles. The number of nitrogens with zero attached hydrogens (tertiary/aromatic N) is 4. The first kappa shape index (κ1) is 17.8. The van der Waals surface area contributed by atoms with Crippen LogP contribution in [0.5, 0.6) is 0 Å². The molecular weight excluding hydrogens is 428 g/mol. The third kappa shape index (κ3) is 2.11. The Morgan fingerprint density at radius 1 is 0.657 bits per heavy atom. The van der Waals surface area contributed by atoms with E-state index in [0.29, 0.717) is 0 Å². The van der Waals surface area contributed by atoms with Gasteiger partial charge in [-0.15, -0.1) is 0 Å². The van der Waals surface area contributed by atoms with Crippen LogP contribution in [0, 0.1) is 0 Å². The van der Waals surface area contributed by atoms with E-state index in [9.17, 15) is 0 Å². The van der Waals surface area contributed by atoms with Crippen LogP contribution in [0.15, 0.2) is 85.3 Å². The van der Waals surface area contributed by atoms with Crippen LogP contribution in [0.1, 0.15) is 22.3 Å². The van der Waals surface area contributed by atoms with Gasteiger partial charge in [-0.25, -0.2) is 4.98 Å². The minimum atomic E-state index is 0.930. The monoisotopic (exact) mass is 446 g/mol. The van der Waals surface area contributed by atoms with Crippen LogP contribution in [-0.4, -0.2) is 19.4 Å². The fraction of sp³-hybridized carbons (Fsp3) is 0.0645. The predicted octanol–water partition coefficient (Wildman–Crippen LogP) is 6.73. The summed E-state index contributed by atoms with van der Waals surface area (Å²) < 4.78 is 2.32. The SMILES string of the molecule is c1ccc2c(c1)Cc1c-2ccc2c1Cc1c-2ccc2nc3c4cnccc4c4ncccc4n3c12. The van der Waals surface area contributed by atoms with Gasteiger partial charge in [0.05, 0.1) is 22.1 Å². The lowest BCUT2D eigenvalue weighted by Gasteiger charge is -2.09. The van der Waals surface area contributed by atoms with Crippen LogP contribution >= 0.6 is 0 Å². The van der Waals surface area contributed by atoms with Crippen molar-refractivity contribution < 1.29 is 0 Å². The molecule has 0 bridgehead atoms. The number of pyridine rings is 3. The quantitative estimate of drug-likeness (QED) is 0.243. The van der Waals surface area contributed by atoms with Crippen LogP contribution < -0.4 is 0 Å². The lowest BCUT2D eigenvalue weighted by molar-refractivity contribution is 1.16. The van der Waals surface area contributed by atoms with E-state index in [0.717, 1.165) is 45.8 Å². The molecule has 0 saturated heterocycles. The largest absolute Gasteiger partial charge is 0.290 e. The number of aromatic nitrogens is 4. The fourth-order valence-corrected chi connectivity index (χ4v) is 6.55. The molecule has 4 nitrogen and oxygen atoms in total. The Morgan fingerprint density at radius 2 is 1.49 bits per heavy atom. The molecule has 0 spiro atoms. The van der Waals surface area contributed by atoms with Gasteiger partial charge >= 0.3 is 0 Å². The Hall–Kier alpha value is -4.57. The van der Waals surface area contributed by atoms with Gasteiger partial charge in [-0.05, 0) is 75.2 Å². The number of rotatable bonds is 0. The summed E-state index contributed by atoms with van der Waals surface area (Å²) in [4.78, 5) is 14.3. The average molecular weight is 447 g/mol. The molecule has 2 aliphatic rings. The average Bonchev–Trinajstić information content (AvgIpc) is 3.59. The highest BCUT2D eigenvalue weighted by Crippen LogP contribution is 2.48. The summed E-state index contributed by atoms with van der Waals surface area (Å²) in [5, 5.41) is 2.13. The Bertz CT molecular complexity index is 2070. The molecule has 9 rings (SSSR count). The molecule has 0 N–H and O–H groups in total. The second-order valence-electron chi connectivity index (χ2n) is 9.65. The molecule has 3 aromatic carbocycles. The van der Waals surface area contributed by atoms with Crippen molar-refractivity contribution >= 4 is 38.5 Å². The molecular formula is C31H18N4. The lowest BCUT2D eigenvalue weighted by Crippen LogP contribution is -1.96. The number of imidazole rings is 1. The number of fused-ring (bicyclic) bond motifs is 16. The highest BCUT2D eigenvalue weighted by Gasteiger charge is 2.30. The molecule has 2 aliphatic carbocycles. The van der Waals surface area contributed by atoms with E-state index in [2.05, 4.69) is 64.0 Å². The molecule has 0 radical (unpaired) electrons. The van der Waals surface area contributed by atoms with Gasteiger partial charge in [0.1, 0.15) is 5.65 Å². The minimum absolute atomic E-state index is 0.930. The molecule has 0 amide bonds. The van der Waals surface area contributed by atoms with Gasteiger partial charge in [0.25, 0.3) is 0 Å². The topological polar surface area (TPSA) is 43.1 Å². The van der Waals surface area contributed by atoms with E-state index >= 15 is 0 Å². The summed E-state index contributed by atoms with van der Waals surface area (Å²) >= 11 is 0. The van der Waals surface area contributed by atoms with Gasteiger partial charge < -0.3 is 0 Å². The number of hydrogen-bond donors (Lipinski definition) is 0. The standard InChI is InChI=1S/C31H18N4/c1-2-5-18-17(4-1)14-23-19(18)7-8-20-21-9-10-27-30(25(21)15-24(20)23)35-28-6-3-12-33-29(28)22-11-13-32-16-26(22)31(35)34-27/h1-13,16H,14-15H2. The molecule has 35 heavy (non-hydrogen) atoms. The molecule has 162 valence electrons. The van der Waals surface area contributed by atoms with Crippen LogP contribution in [0.4, 0.5) is 0 Å². The third-order valence-corrected chi connectivity index (χ3v) is 8.02. The van der Waals surface area contributed by atoms with E-state index in [-0.39, 0.29) is 0 Å². The van der Waals surface area contributed by atoms with Gasteiger partial charge in [-0.3, -0.25) is 14.4 Å². The molecule has 0 atom stereocenters. The molecule has 0 unspecified atom stereocenters. The second kappa shape index (κ2) is 6.10. The van der Waals surface area contributed by atoms with E-state index in [1.54, 1.807) is 0 Å². The zero-order valence-electron chi connectivity index (χ0n) is 18.8. The van der Waals surface area contributed by atoms with Crippen LogP contribution in [0.25, 0.3) is 60.7 Å². The van der Waals surface area contributed by atoms with Crippen molar-refractivity contribution in [3.8, 4) is 22.3 Å². The second-order valence-corrected chi connectivity index (χ2v) is 9.65. The van der Waals surface area contributed by atoms with Gasteiger partial charge in [0, 0.05) is 35.8 Å². The normalized spacial score (nSPS) is 13.5. The van der Waals surface area contributed by atoms with E-state index in [1.165, 1.54) is 50.0 Å². The Labute approximate surface area is 200 Å². The Morgan fingerprint density at radius 3 is 2.46 bits per heavy atom. The third-order valence-electron chi connectivity index (χ3n) is 8.02. The number of hydrogen-bond acceptors (Lipinski definition) is 3. The maximum Gasteiger partial charge on any atom is 0.148 e. The van der Waals surface area contributed by atoms with E-state index < -0.39 is 0 Å². The smallest absolute Gasteiger partial charge is 0.148 e. The highest BCUT2D eigenvalue weighted by molar-refractivity contribution is 6.12. The first-order valence-electron chi connectivity index (χ1n) is 12.0. The van der Waals surface area contributed by atoms with Crippen molar-refractivity contribution in [1.82, 2.24) is 19.4 Å². The minimum Gasteiger partial charge on any atom is -0.290 e. The van der Waals surface area contributed by atoms with Crippen molar-refractivity contribution in [1.29, 1.82) is 0 Å². The van der Waals surface area contributed by atoms with Crippen LogP contribution in [0.2, 0.25) is 0 Å². The summed E-state index contributed by atoms with van der Waals surface area (Å²) in [6.07, 6.45) is 7.57. The fourth-order valence-electron chi connectivity index (χ4n) is 6.55. The van der Waals surface area contributed by atoms with Crippen LogP contribution in [-0.2, 0) is 12.8 Å². The molecule has 0 aliphatic heterocycles. The predicted molar refractivity (Wildman–Crippen MR) is 140 cm³/mol. The van der Waals surface area contributed by atoms with Gasteiger partial charge in [0.2, 0.25) is 0 Å². The Kier molecular flexibility index (Phi) is 3.11. The zero-order valence-corrected chi connectivity index (χ0v) is 18.8. The summed E-state index contributed by atoms with van der Waals surface area (Å²) in [6, 6.07) is 24.2. The lowest BCUT2D eigenvalue weighted by atomic mass is 9.96. The van der Waals surface area contributed by atoms with Crippen molar-refractivity contribution in [3.63, 3.8) is 0 Å². The summed E-state index contributed by atoms with van der Waals surface area (Å²) in [6.45, 7) is 0. The maximum atomic E-state index is 5.13. The first-order chi connectivity index (χ1) is 17.4. The van der Waals surface area contributed by atoms with Crippen LogP contribution in [0.3, 0.4) is 0 Å². The van der Waals surface area contributed by atoms with E-state index in [1.807, 2.05) is 30.7 Å². The van der Waals surface area contributed by atoms with Gasteiger partial charge in [0.15, 0.2) is 0 Å². The molecule has 0 saturated carbocycles. The molecule has 7 aromatic rings. The summed E-state index contributed by atoms with van der Waals surface area (Å²) in [5.74, 6) is 0. The van der Waals surface area contributed by atoms with Crippen molar-refractivity contribution in [2.45, 2.75) is 12.8 Å². The van der Waals surface area contributed by atoms with Crippen molar-refractivity contribution in [2.75, 3.05) is 0 Å². The Balaban J connectivity index is 1.39. The van der Waals surface area contributed by atoms with Crippen molar-refractivity contribution in [2.24, 2.45) is 0 Å². The summed E-state index contributed by atoms with van der Waals surface area (Å²) in [7, 11) is 0.